The van der Waals surface area contributed by atoms with Crippen LogP contribution in [0.15, 0.2) is 42.6 Å². The normalized spacial score (nSPS) is 10.9. The molecule has 0 saturated heterocycles. The monoisotopic (exact) mass is 390 g/mol. The quantitative estimate of drug-likeness (QED) is 0.512. The summed E-state index contributed by atoms with van der Waals surface area (Å²) in [5.74, 6) is 1.66. The number of aromatic nitrogens is 4. The fourth-order valence-corrected chi connectivity index (χ4v) is 3.50. The summed E-state index contributed by atoms with van der Waals surface area (Å²) in [6.07, 6.45) is 1.78. The maximum absolute atomic E-state index is 5.66. The van der Waals surface area contributed by atoms with Crippen LogP contribution in [0.5, 0.6) is 17.2 Å². The minimum absolute atomic E-state index is 0.519. The van der Waals surface area contributed by atoms with Crippen LogP contribution in [-0.4, -0.2) is 41.1 Å². The van der Waals surface area contributed by atoms with Gasteiger partial charge in [0.25, 0.3) is 0 Å². The lowest BCUT2D eigenvalue weighted by molar-refractivity contribution is 0.325. The van der Waals surface area contributed by atoms with E-state index in [0.717, 1.165) is 27.9 Å². The first-order chi connectivity index (χ1) is 14.1. The molecule has 0 aliphatic heterocycles. The summed E-state index contributed by atoms with van der Waals surface area (Å²) >= 11 is 0. The molecule has 0 aliphatic carbocycles. The van der Waals surface area contributed by atoms with Crippen molar-refractivity contribution in [1.29, 1.82) is 0 Å². The summed E-state index contributed by atoms with van der Waals surface area (Å²) in [5.41, 5.74) is 5.00. The molecule has 29 heavy (non-hydrogen) atoms. The minimum Gasteiger partial charge on any atom is -0.493 e. The van der Waals surface area contributed by atoms with Crippen LogP contribution in [0, 0.1) is 6.92 Å². The van der Waals surface area contributed by atoms with Crippen molar-refractivity contribution in [3.8, 4) is 39.8 Å². The van der Waals surface area contributed by atoms with Crippen molar-refractivity contribution < 1.29 is 14.2 Å². The highest BCUT2D eigenvalue weighted by atomic mass is 16.5. The van der Waals surface area contributed by atoms with E-state index in [1.165, 1.54) is 0 Å². The van der Waals surface area contributed by atoms with Gasteiger partial charge in [-0.05, 0) is 37.3 Å². The Bertz CT molecular complexity index is 1190. The summed E-state index contributed by atoms with van der Waals surface area (Å²) in [4.78, 5) is 9.36. The molecule has 7 nitrogen and oxygen atoms in total. The summed E-state index contributed by atoms with van der Waals surface area (Å²) in [5, 5.41) is 5.58. The third kappa shape index (κ3) is 3.04. The lowest BCUT2D eigenvalue weighted by atomic mass is 10.0. The molecule has 0 unspecified atom stereocenters. The molecule has 0 bridgehead atoms. The molecule has 0 saturated carbocycles. The van der Waals surface area contributed by atoms with Crippen molar-refractivity contribution in [2.24, 2.45) is 7.05 Å². The molecule has 0 spiro atoms. The van der Waals surface area contributed by atoms with Gasteiger partial charge in [0, 0.05) is 30.1 Å². The number of nitrogens with zero attached hydrogens (tertiary/aromatic N) is 4. The van der Waals surface area contributed by atoms with E-state index in [-0.39, 0.29) is 0 Å². The second kappa shape index (κ2) is 7.43. The molecule has 0 N–H and O–H groups in total. The van der Waals surface area contributed by atoms with Crippen molar-refractivity contribution in [3.05, 3.63) is 48.3 Å². The lowest BCUT2D eigenvalue weighted by Gasteiger charge is -2.16. The van der Waals surface area contributed by atoms with Gasteiger partial charge in [-0.25, -0.2) is 4.98 Å². The van der Waals surface area contributed by atoms with Crippen molar-refractivity contribution >= 4 is 11.0 Å². The Hall–Kier alpha value is -3.61. The Labute approximate surface area is 168 Å². The average Bonchev–Trinajstić information content (AvgIpc) is 3.05. The van der Waals surface area contributed by atoms with Gasteiger partial charge in [0.2, 0.25) is 5.75 Å². The average molecular weight is 390 g/mol. The van der Waals surface area contributed by atoms with Crippen molar-refractivity contribution in [1.82, 2.24) is 19.7 Å². The number of fused-ring (bicyclic) bond motifs is 1. The standard InChI is InChI=1S/C22H22N4O3/c1-13-19-15(16-8-6-7-11-23-16)12-17(24-22(19)25-26(13)2)14-9-10-18(27-3)21(29-5)20(14)28-4/h6-12H,1-5H3. The van der Waals surface area contributed by atoms with Crippen LogP contribution in [0.25, 0.3) is 33.5 Å². The summed E-state index contributed by atoms with van der Waals surface area (Å²) in [6, 6.07) is 11.6. The Kier molecular flexibility index (Phi) is 4.80. The van der Waals surface area contributed by atoms with Gasteiger partial charge < -0.3 is 14.2 Å². The Balaban J connectivity index is 2.04. The van der Waals surface area contributed by atoms with Gasteiger partial charge in [0.05, 0.1) is 38.1 Å². The molecule has 3 aromatic heterocycles. The predicted molar refractivity (Wildman–Crippen MR) is 112 cm³/mol. The molecule has 0 aliphatic rings. The summed E-state index contributed by atoms with van der Waals surface area (Å²) in [7, 11) is 6.69. The maximum atomic E-state index is 5.66. The highest BCUT2D eigenvalue weighted by Gasteiger charge is 2.21. The Morgan fingerprint density at radius 3 is 2.31 bits per heavy atom. The van der Waals surface area contributed by atoms with E-state index in [1.54, 1.807) is 27.5 Å². The molecule has 3 heterocycles. The molecular formula is C22H22N4O3. The highest BCUT2D eigenvalue weighted by molar-refractivity contribution is 5.96. The predicted octanol–water partition coefficient (Wildman–Crippen LogP) is 4.03. The molecule has 148 valence electrons. The molecule has 4 rings (SSSR count). The molecule has 0 amide bonds. The lowest BCUT2D eigenvalue weighted by Crippen LogP contribution is -1.98. The van der Waals surface area contributed by atoms with E-state index in [0.29, 0.717) is 28.6 Å². The van der Waals surface area contributed by atoms with Crippen molar-refractivity contribution in [3.63, 3.8) is 0 Å². The fraction of sp³-hybridized carbons (Fsp3) is 0.227. The first kappa shape index (κ1) is 18.7. The van der Waals surface area contributed by atoms with Crippen molar-refractivity contribution in [2.75, 3.05) is 21.3 Å². The SMILES string of the molecule is COc1ccc(-c2cc(-c3ccccn3)c3c(C)n(C)nc3n2)c(OC)c1OC. The summed E-state index contributed by atoms with van der Waals surface area (Å²) < 4.78 is 18.4. The van der Waals surface area contributed by atoms with E-state index in [9.17, 15) is 0 Å². The van der Waals surface area contributed by atoms with Crippen LogP contribution >= 0.6 is 0 Å². The topological polar surface area (TPSA) is 71.3 Å². The molecule has 0 radical (unpaired) electrons. The van der Waals surface area contributed by atoms with Gasteiger partial charge in [-0.3, -0.25) is 9.67 Å². The number of hydrogen-bond donors (Lipinski definition) is 0. The number of rotatable bonds is 5. The number of ether oxygens (including phenoxy) is 3. The first-order valence-corrected chi connectivity index (χ1v) is 9.14. The van der Waals surface area contributed by atoms with E-state index in [2.05, 4.69) is 10.1 Å². The molecule has 4 aromatic rings. The third-order valence-corrected chi connectivity index (χ3v) is 5.01. The molecule has 7 heteroatoms. The van der Waals surface area contributed by atoms with Crippen LogP contribution in [0.1, 0.15) is 5.69 Å². The fourth-order valence-electron chi connectivity index (χ4n) is 3.50. The minimum atomic E-state index is 0.519. The van der Waals surface area contributed by atoms with Crippen LogP contribution in [-0.2, 0) is 7.05 Å². The van der Waals surface area contributed by atoms with E-state index < -0.39 is 0 Å². The number of pyridine rings is 2. The zero-order chi connectivity index (χ0) is 20.5. The first-order valence-electron chi connectivity index (χ1n) is 9.14. The van der Waals surface area contributed by atoms with E-state index in [4.69, 9.17) is 19.2 Å². The van der Waals surface area contributed by atoms with Gasteiger partial charge in [-0.1, -0.05) is 6.07 Å². The van der Waals surface area contributed by atoms with Crippen LogP contribution in [0.2, 0.25) is 0 Å². The zero-order valence-corrected chi connectivity index (χ0v) is 17.1. The second-order valence-electron chi connectivity index (χ2n) is 6.56. The van der Waals surface area contributed by atoms with Gasteiger partial charge >= 0.3 is 0 Å². The van der Waals surface area contributed by atoms with Crippen LogP contribution in [0.3, 0.4) is 0 Å². The molecule has 0 fully saturated rings. The third-order valence-electron chi connectivity index (χ3n) is 5.01. The molecule has 0 atom stereocenters. The zero-order valence-electron chi connectivity index (χ0n) is 17.1. The summed E-state index contributed by atoms with van der Waals surface area (Å²) in [6.45, 7) is 2.03. The van der Waals surface area contributed by atoms with Gasteiger partial charge in [-0.2, -0.15) is 5.10 Å². The maximum Gasteiger partial charge on any atom is 0.203 e. The largest absolute Gasteiger partial charge is 0.493 e. The molecule has 1 aromatic carbocycles. The van der Waals surface area contributed by atoms with Gasteiger partial charge in [0.1, 0.15) is 0 Å². The van der Waals surface area contributed by atoms with Gasteiger partial charge in [0.15, 0.2) is 17.1 Å². The van der Waals surface area contributed by atoms with Crippen LogP contribution < -0.4 is 14.2 Å². The van der Waals surface area contributed by atoms with E-state index in [1.807, 2.05) is 55.1 Å². The Morgan fingerprint density at radius 2 is 1.66 bits per heavy atom. The van der Waals surface area contributed by atoms with Crippen molar-refractivity contribution in [2.45, 2.75) is 6.92 Å². The number of hydrogen-bond acceptors (Lipinski definition) is 6. The van der Waals surface area contributed by atoms with Gasteiger partial charge in [-0.15, -0.1) is 0 Å². The van der Waals surface area contributed by atoms with E-state index >= 15 is 0 Å². The Morgan fingerprint density at radius 1 is 0.862 bits per heavy atom. The second-order valence-corrected chi connectivity index (χ2v) is 6.56. The number of methoxy groups -OCH3 is 3. The highest BCUT2D eigenvalue weighted by Crippen LogP contribution is 2.45. The molecular weight excluding hydrogens is 368 g/mol. The smallest absolute Gasteiger partial charge is 0.203 e. The number of aryl methyl sites for hydroxylation is 2. The number of benzene rings is 1. The van der Waals surface area contributed by atoms with Crippen LogP contribution in [0.4, 0.5) is 0 Å².